The first kappa shape index (κ1) is 14.8. The third-order valence-corrected chi connectivity index (χ3v) is 4.40. The second-order valence-corrected chi connectivity index (χ2v) is 6.96. The molecule has 3 nitrogen and oxygen atoms in total. The molecule has 0 radical (unpaired) electrons. The van der Waals surface area contributed by atoms with Crippen molar-refractivity contribution >= 4 is 56.0 Å². The molecule has 1 aliphatic heterocycles. The van der Waals surface area contributed by atoms with E-state index in [1.165, 1.54) is 17.9 Å². The number of carbonyl (C=O) groups is 2. The van der Waals surface area contributed by atoms with Crippen LogP contribution in [0.15, 0.2) is 16.6 Å². The summed E-state index contributed by atoms with van der Waals surface area (Å²) < 4.78 is 14.5. The molecular weight excluding hydrogens is 357 g/mol. The molecule has 1 aliphatic rings. The summed E-state index contributed by atoms with van der Waals surface area (Å²) in [6.45, 7) is 1.74. The molecule has 1 unspecified atom stereocenters. The molecular formula is C12H10BrClFNO2S. The lowest BCUT2D eigenvalue weighted by atomic mass is 10.3. The molecule has 1 saturated heterocycles. The minimum absolute atomic E-state index is 0.0537. The molecule has 0 saturated carbocycles. The Morgan fingerprint density at radius 2 is 2.26 bits per heavy atom. The lowest BCUT2D eigenvalue weighted by molar-refractivity contribution is -0.117. The molecule has 1 heterocycles. The maximum absolute atomic E-state index is 13.9. The average molecular weight is 367 g/mol. The van der Waals surface area contributed by atoms with Crippen molar-refractivity contribution in [3.63, 3.8) is 0 Å². The molecule has 0 spiro atoms. The highest BCUT2D eigenvalue weighted by molar-refractivity contribution is 9.10. The van der Waals surface area contributed by atoms with Gasteiger partial charge in [0.1, 0.15) is 5.82 Å². The van der Waals surface area contributed by atoms with Crippen molar-refractivity contribution in [2.75, 3.05) is 11.4 Å². The van der Waals surface area contributed by atoms with Crippen LogP contribution >= 0.6 is 39.3 Å². The van der Waals surface area contributed by atoms with Gasteiger partial charge in [-0.15, -0.1) is 0 Å². The maximum atomic E-state index is 13.9. The number of benzene rings is 1. The predicted octanol–water partition coefficient (Wildman–Crippen LogP) is 3.63. The van der Waals surface area contributed by atoms with Gasteiger partial charge in [-0.25, -0.2) is 4.39 Å². The highest BCUT2D eigenvalue weighted by atomic mass is 79.9. The van der Waals surface area contributed by atoms with Gasteiger partial charge >= 0.3 is 0 Å². The number of carbonyl (C=O) groups excluding carboxylic acids is 2. The van der Waals surface area contributed by atoms with E-state index >= 15 is 0 Å². The Morgan fingerprint density at radius 3 is 2.84 bits per heavy atom. The van der Waals surface area contributed by atoms with E-state index in [0.717, 1.165) is 11.8 Å². The molecule has 1 aromatic carbocycles. The van der Waals surface area contributed by atoms with Gasteiger partial charge in [-0.2, -0.15) is 0 Å². The Bertz CT molecular complexity index is 532. The van der Waals surface area contributed by atoms with Gasteiger partial charge < -0.3 is 4.90 Å². The Labute approximate surface area is 127 Å². The van der Waals surface area contributed by atoms with Gasteiger partial charge in [0.15, 0.2) is 5.12 Å². The normalized spacial score (nSPS) is 19.1. The first-order valence-electron chi connectivity index (χ1n) is 5.50. The summed E-state index contributed by atoms with van der Waals surface area (Å²) in [5.74, 6) is -0.775. The average Bonchev–Trinajstić information content (AvgIpc) is 2.57. The van der Waals surface area contributed by atoms with Crippen LogP contribution in [0.4, 0.5) is 10.1 Å². The molecule has 0 aliphatic carbocycles. The Balaban J connectivity index is 2.28. The predicted molar refractivity (Wildman–Crippen MR) is 78.1 cm³/mol. The molecule has 1 amide bonds. The number of rotatable bonds is 2. The third-order valence-electron chi connectivity index (χ3n) is 2.67. The van der Waals surface area contributed by atoms with Gasteiger partial charge in [0.05, 0.1) is 10.7 Å². The largest absolute Gasteiger partial charge is 0.307 e. The number of hydrogen-bond acceptors (Lipinski definition) is 3. The van der Waals surface area contributed by atoms with Crippen LogP contribution in [0.25, 0.3) is 0 Å². The molecule has 7 heteroatoms. The standard InChI is InChI=1S/C12H10BrClFNO2S/c1-6(17)19-8-4-11(18)16(5-8)12-9(14)2-7(13)3-10(12)15/h2-3,8H,4-5H2,1H3. The summed E-state index contributed by atoms with van der Waals surface area (Å²) in [5.41, 5.74) is 0.0847. The van der Waals surface area contributed by atoms with Crippen molar-refractivity contribution in [1.29, 1.82) is 0 Å². The minimum Gasteiger partial charge on any atom is -0.307 e. The van der Waals surface area contributed by atoms with E-state index in [1.54, 1.807) is 6.07 Å². The first-order chi connectivity index (χ1) is 8.88. The van der Waals surface area contributed by atoms with E-state index in [1.807, 2.05) is 0 Å². The van der Waals surface area contributed by atoms with Gasteiger partial charge in [0.2, 0.25) is 5.91 Å². The van der Waals surface area contributed by atoms with Gasteiger partial charge in [-0.3, -0.25) is 9.59 Å². The molecule has 19 heavy (non-hydrogen) atoms. The SMILES string of the molecule is CC(=O)SC1CC(=O)N(c2c(F)cc(Br)cc2Cl)C1. The van der Waals surface area contributed by atoms with Crippen LogP contribution < -0.4 is 4.90 Å². The van der Waals surface area contributed by atoms with Crippen LogP contribution in [0.1, 0.15) is 13.3 Å². The maximum Gasteiger partial charge on any atom is 0.228 e. The van der Waals surface area contributed by atoms with Crippen LogP contribution in [0, 0.1) is 5.82 Å². The summed E-state index contributed by atoms with van der Waals surface area (Å²) in [6.07, 6.45) is 0.218. The Morgan fingerprint density at radius 1 is 1.58 bits per heavy atom. The zero-order valence-electron chi connectivity index (χ0n) is 9.95. The van der Waals surface area contributed by atoms with Gasteiger partial charge in [-0.1, -0.05) is 39.3 Å². The number of amides is 1. The van der Waals surface area contributed by atoms with Crippen molar-refractivity contribution in [2.45, 2.75) is 18.6 Å². The van der Waals surface area contributed by atoms with Gasteiger partial charge in [0.25, 0.3) is 0 Å². The zero-order valence-corrected chi connectivity index (χ0v) is 13.1. The molecule has 102 valence electrons. The summed E-state index contributed by atoms with van der Waals surface area (Å²) in [5, 5.41) is -0.0279. The highest BCUT2D eigenvalue weighted by Gasteiger charge is 2.34. The number of nitrogens with zero attached hydrogens (tertiary/aromatic N) is 1. The molecule has 1 aromatic rings. The second-order valence-electron chi connectivity index (χ2n) is 4.16. The van der Waals surface area contributed by atoms with Crippen molar-refractivity contribution in [1.82, 2.24) is 0 Å². The lowest BCUT2D eigenvalue weighted by Crippen LogP contribution is -2.26. The van der Waals surface area contributed by atoms with E-state index in [-0.39, 0.29) is 33.4 Å². The van der Waals surface area contributed by atoms with Crippen LogP contribution in [0.2, 0.25) is 5.02 Å². The monoisotopic (exact) mass is 365 g/mol. The van der Waals surface area contributed by atoms with Crippen LogP contribution in [0.3, 0.4) is 0 Å². The Kier molecular flexibility index (Phi) is 4.53. The van der Waals surface area contributed by atoms with E-state index in [9.17, 15) is 14.0 Å². The quantitative estimate of drug-likeness (QED) is 0.802. The smallest absolute Gasteiger partial charge is 0.228 e. The fraction of sp³-hybridized carbons (Fsp3) is 0.333. The Hall–Kier alpha value is -0.590. The third kappa shape index (κ3) is 3.30. The highest BCUT2D eigenvalue weighted by Crippen LogP contribution is 2.36. The van der Waals surface area contributed by atoms with E-state index in [4.69, 9.17) is 11.6 Å². The first-order valence-corrected chi connectivity index (χ1v) is 7.55. The molecule has 2 rings (SSSR count). The number of hydrogen-bond donors (Lipinski definition) is 0. The number of thioether (sulfide) groups is 1. The van der Waals surface area contributed by atoms with Crippen LogP contribution in [-0.2, 0) is 9.59 Å². The lowest BCUT2D eigenvalue weighted by Gasteiger charge is -2.19. The topological polar surface area (TPSA) is 37.4 Å². The van der Waals surface area contributed by atoms with Crippen LogP contribution in [-0.4, -0.2) is 22.8 Å². The molecule has 0 aromatic heterocycles. The molecule has 1 atom stereocenters. The van der Waals surface area contributed by atoms with Crippen molar-refractivity contribution < 1.29 is 14.0 Å². The van der Waals surface area contributed by atoms with Crippen molar-refractivity contribution in [3.8, 4) is 0 Å². The van der Waals surface area contributed by atoms with Crippen molar-refractivity contribution in [3.05, 3.63) is 27.4 Å². The fourth-order valence-electron chi connectivity index (χ4n) is 2.00. The molecule has 1 fully saturated rings. The summed E-state index contributed by atoms with van der Waals surface area (Å²) in [6, 6.07) is 2.80. The van der Waals surface area contributed by atoms with E-state index < -0.39 is 5.82 Å². The summed E-state index contributed by atoms with van der Waals surface area (Å²) in [4.78, 5) is 24.3. The zero-order chi connectivity index (χ0) is 14.2. The summed E-state index contributed by atoms with van der Waals surface area (Å²) >= 11 is 10.2. The molecule has 0 N–H and O–H groups in total. The van der Waals surface area contributed by atoms with Gasteiger partial charge in [-0.05, 0) is 12.1 Å². The molecule has 0 bridgehead atoms. The van der Waals surface area contributed by atoms with Gasteiger partial charge in [0, 0.05) is 29.6 Å². The minimum atomic E-state index is -0.554. The van der Waals surface area contributed by atoms with E-state index in [2.05, 4.69) is 15.9 Å². The van der Waals surface area contributed by atoms with Crippen LogP contribution in [0.5, 0.6) is 0 Å². The van der Waals surface area contributed by atoms with Crippen molar-refractivity contribution in [2.24, 2.45) is 0 Å². The number of anilines is 1. The number of halogens is 3. The second kappa shape index (κ2) is 5.81. The van der Waals surface area contributed by atoms with E-state index in [0.29, 0.717) is 11.0 Å². The fourth-order valence-corrected chi connectivity index (χ4v) is 3.79. The summed E-state index contributed by atoms with van der Waals surface area (Å²) in [7, 11) is 0.